The number of carboxylic acids is 1. The maximum atomic E-state index is 10.5. The number of aromatic carboxylic acids is 1. The summed E-state index contributed by atoms with van der Waals surface area (Å²) < 4.78 is 5.25. The van der Waals surface area contributed by atoms with Gasteiger partial charge >= 0.3 is 5.97 Å². The summed E-state index contributed by atoms with van der Waals surface area (Å²) in [5.74, 6) is -0.832. The topological polar surface area (TPSA) is 72.3 Å². The molecule has 0 aromatic carbocycles. The van der Waals surface area contributed by atoms with Crippen LogP contribution in [0.2, 0.25) is 0 Å². The van der Waals surface area contributed by atoms with Gasteiger partial charge in [-0.05, 0) is 24.3 Å². The first-order valence-corrected chi connectivity index (χ1v) is 4.90. The van der Waals surface area contributed by atoms with Crippen LogP contribution in [0.4, 0.5) is 0 Å². The van der Waals surface area contributed by atoms with Gasteiger partial charge in [0.05, 0.1) is 0 Å². The van der Waals surface area contributed by atoms with E-state index < -0.39 is 5.97 Å². The number of hydrogen-bond acceptors (Lipinski definition) is 4. The third kappa shape index (κ3) is 2.30. The van der Waals surface area contributed by atoms with Crippen molar-refractivity contribution in [3.05, 3.63) is 23.8 Å². The van der Waals surface area contributed by atoms with Gasteiger partial charge in [0.25, 0.3) is 0 Å². The zero-order valence-corrected chi connectivity index (χ0v) is 8.22. The third-order valence-corrected chi connectivity index (χ3v) is 2.56. The molecule has 0 atom stereocenters. The van der Waals surface area contributed by atoms with Crippen molar-refractivity contribution in [1.82, 2.24) is 9.97 Å². The van der Waals surface area contributed by atoms with E-state index in [-0.39, 0.29) is 5.82 Å². The van der Waals surface area contributed by atoms with Gasteiger partial charge < -0.3 is 9.84 Å². The predicted molar refractivity (Wildman–Crippen MR) is 51.8 cm³/mol. The van der Waals surface area contributed by atoms with Gasteiger partial charge in [-0.3, -0.25) is 0 Å². The lowest BCUT2D eigenvalue weighted by Crippen LogP contribution is -2.15. The summed E-state index contributed by atoms with van der Waals surface area (Å²) in [7, 11) is 0. The molecule has 0 aliphatic carbocycles. The fourth-order valence-electron chi connectivity index (χ4n) is 1.69. The highest BCUT2D eigenvalue weighted by molar-refractivity contribution is 5.82. The van der Waals surface area contributed by atoms with Crippen LogP contribution in [-0.2, 0) is 4.74 Å². The molecule has 0 spiro atoms. The van der Waals surface area contributed by atoms with Gasteiger partial charge in [0, 0.05) is 25.6 Å². The molecule has 0 amide bonds. The average Bonchev–Trinajstić information content (AvgIpc) is 2.30. The maximum absolute atomic E-state index is 10.5. The van der Waals surface area contributed by atoms with Crippen molar-refractivity contribution in [2.45, 2.75) is 18.8 Å². The number of nitrogens with zero attached hydrogens (tertiary/aromatic N) is 2. The van der Waals surface area contributed by atoms with Crippen molar-refractivity contribution in [2.75, 3.05) is 13.2 Å². The Balaban J connectivity index is 2.11. The van der Waals surface area contributed by atoms with E-state index in [2.05, 4.69) is 9.97 Å². The van der Waals surface area contributed by atoms with Gasteiger partial charge in [-0.15, -0.1) is 0 Å². The van der Waals surface area contributed by atoms with Crippen molar-refractivity contribution < 1.29 is 14.6 Å². The van der Waals surface area contributed by atoms with Gasteiger partial charge in [0.1, 0.15) is 0 Å². The highest BCUT2D eigenvalue weighted by Gasteiger charge is 2.17. The molecule has 1 saturated heterocycles. The molecule has 1 aromatic rings. The number of carboxylic acid groups (broad SMARTS) is 1. The van der Waals surface area contributed by atoms with Crippen LogP contribution in [-0.4, -0.2) is 34.3 Å². The summed E-state index contributed by atoms with van der Waals surface area (Å²) in [6, 6.07) is 0. The fraction of sp³-hybridized carbons (Fsp3) is 0.500. The average molecular weight is 208 g/mol. The van der Waals surface area contributed by atoms with E-state index >= 15 is 0 Å². The van der Waals surface area contributed by atoms with Crippen LogP contribution in [0.25, 0.3) is 0 Å². The Bertz CT molecular complexity index is 344. The number of hydrogen-bond donors (Lipinski definition) is 1. The molecule has 0 saturated carbocycles. The molecule has 0 radical (unpaired) electrons. The van der Waals surface area contributed by atoms with E-state index in [4.69, 9.17) is 9.84 Å². The molecular weight excluding hydrogens is 196 g/mol. The van der Waals surface area contributed by atoms with Crippen LogP contribution in [0.3, 0.4) is 0 Å². The molecule has 15 heavy (non-hydrogen) atoms. The van der Waals surface area contributed by atoms with Crippen molar-refractivity contribution >= 4 is 5.97 Å². The molecule has 1 fully saturated rings. The second-order valence-electron chi connectivity index (χ2n) is 3.53. The molecule has 5 heteroatoms. The van der Waals surface area contributed by atoms with Crippen LogP contribution in [0.5, 0.6) is 0 Å². The second-order valence-corrected chi connectivity index (χ2v) is 3.53. The molecule has 1 aliphatic rings. The quantitative estimate of drug-likeness (QED) is 0.787. The molecule has 1 aromatic heterocycles. The minimum atomic E-state index is -1.09. The Morgan fingerprint density at radius 1 is 1.33 bits per heavy atom. The monoisotopic (exact) mass is 208 g/mol. The lowest BCUT2D eigenvalue weighted by Gasteiger charge is -2.21. The van der Waals surface area contributed by atoms with E-state index in [9.17, 15) is 4.79 Å². The SMILES string of the molecule is O=C(O)c1ncc(C2CCOCC2)cn1. The lowest BCUT2D eigenvalue weighted by molar-refractivity contribution is 0.0682. The van der Waals surface area contributed by atoms with Crippen molar-refractivity contribution in [2.24, 2.45) is 0 Å². The Kier molecular flexibility index (Phi) is 2.91. The largest absolute Gasteiger partial charge is 0.475 e. The molecule has 0 bridgehead atoms. The first-order chi connectivity index (χ1) is 7.27. The zero-order chi connectivity index (χ0) is 10.7. The number of ether oxygens (including phenoxy) is 1. The highest BCUT2D eigenvalue weighted by Crippen LogP contribution is 2.25. The van der Waals surface area contributed by atoms with E-state index in [1.165, 1.54) is 0 Å². The molecule has 2 rings (SSSR count). The maximum Gasteiger partial charge on any atom is 0.373 e. The lowest BCUT2D eigenvalue weighted by atomic mass is 9.94. The number of aromatic nitrogens is 2. The highest BCUT2D eigenvalue weighted by atomic mass is 16.5. The van der Waals surface area contributed by atoms with Gasteiger partial charge in [0.2, 0.25) is 5.82 Å². The standard InChI is InChI=1S/C10H12N2O3/c13-10(14)9-11-5-8(6-12-9)7-1-3-15-4-2-7/h5-7H,1-4H2,(H,13,14). The van der Waals surface area contributed by atoms with Crippen molar-refractivity contribution in [1.29, 1.82) is 0 Å². The molecule has 0 unspecified atom stereocenters. The van der Waals surface area contributed by atoms with Crippen LogP contribution in [0.1, 0.15) is 34.9 Å². The number of rotatable bonds is 2. The Hall–Kier alpha value is -1.49. The van der Waals surface area contributed by atoms with E-state index in [0.717, 1.165) is 31.6 Å². The molecule has 2 heterocycles. The third-order valence-electron chi connectivity index (χ3n) is 2.56. The summed E-state index contributed by atoms with van der Waals surface area (Å²) >= 11 is 0. The van der Waals surface area contributed by atoms with Crippen molar-refractivity contribution in [3.63, 3.8) is 0 Å². The van der Waals surface area contributed by atoms with Crippen LogP contribution in [0, 0.1) is 0 Å². The summed E-state index contributed by atoms with van der Waals surface area (Å²) in [5.41, 5.74) is 1.00. The second kappa shape index (κ2) is 4.35. The number of carbonyl (C=O) groups is 1. The predicted octanol–water partition coefficient (Wildman–Crippen LogP) is 1.07. The molecule has 5 nitrogen and oxygen atoms in total. The van der Waals surface area contributed by atoms with E-state index in [0.29, 0.717) is 5.92 Å². The summed E-state index contributed by atoms with van der Waals surface area (Å²) in [6.07, 6.45) is 5.12. The summed E-state index contributed by atoms with van der Waals surface area (Å²) in [6.45, 7) is 1.51. The molecule has 1 N–H and O–H groups in total. The van der Waals surface area contributed by atoms with Crippen LogP contribution >= 0.6 is 0 Å². The van der Waals surface area contributed by atoms with Crippen molar-refractivity contribution in [3.8, 4) is 0 Å². The van der Waals surface area contributed by atoms with Crippen LogP contribution < -0.4 is 0 Å². The van der Waals surface area contributed by atoms with Gasteiger partial charge in [0.15, 0.2) is 0 Å². The smallest absolute Gasteiger partial charge is 0.373 e. The first kappa shape index (κ1) is 10.0. The molecular formula is C10H12N2O3. The normalized spacial score (nSPS) is 17.6. The van der Waals surface area contributed by atoms with E-state index in [1.54, 1.807) is 12.4 Å². The summed E-state index contributed by atoms with van der Waals surface area (Å²) in [5, 5.41) is 8.64. The fourth-order valence-corrected chi connectivity index (χ4v) is 1.69. The Labute approximate surface area is 87.1 Å². The zero-order valence-electron chi connectivity index (χ0n) is 8.22. The first-order valence-electron chi connectivity index (χ1n) is 4.90. The molecule has 80 valence electrons. The van der Waals surface area contributed by atoms with Gasteiger partial charge in [-0.2, -0.15) is 0 Å². The Morgan fingerprint density at radius 2 is 1.93 bits per heavy atom. The minimum Gasteiger partial charge on any atom is -0.475 e. The molecule has 1 aliphatic heterocycles. The summed E-state index contributed by atoms with van der Waals surface area (Å²) in [4.78, 5) is 18.1. The minimum absolute atomic E-state index is 0.147. The van der Waals surface area contributed by atoms with Gasteiger partial charge in [-0.1, -0.05) is 0 Å². The Morgan fingerprint density at radius 3 is 2.47 bits per heavy atom. The van der Waals surface area contributed by atoms with E-state index in [1.807, 2.05) is 0 Å². The van der Waals surface area contributed by atoms with Crippen LogP contribution in [0.15, 0.2) is 12.4 Å². The van der Waals surface area contributed by atoms with Gasteiger partial charge in [-0.25, -0.2) is 14.8 Å².